The molecule has 1 aromatic heterocycles. The van der Waals surface area contributed by atoms with E-state index in [4.69, 9.17) is 9.26 Å². The SMILES string of the molecule is COCCN1C(C)CN(C(=O)Cc2cc(C)on2)CC1C. The zero-order chi connectivity index (χ0) is 15.4. The van der Waals surface area contributed by atoms with Crippen LogP contribution in [0.2, 0.25) is 0 Å². The summed E-state index contributed by atoms with van der Waals surface area (Å²) in [7, 11) is 1.72. The first-order chi connectivity index (χ1) is 10.0. The Labute approximate surface area is 126 Å². The molecular formula is C15H25N3O3. The fourth-order valence-corrected chi connectivity index (χ4v) is 2.97. The lowest BCUT2D eigenvalue weighted by molar-refractivity contribution is -0.135. The summed E-state index contributed by atoms with van der Waals surface area (Å²) >= 11 is 0. The maximum atomic E-state index is 12.4. The molecule has 6 heteroatoms. The topological polar surface area (TPSA) is 58.8 Å². The van der Waals surface area contributed by atoms with E-state index >= 15 is 0 Å². The number of hydrogen-bond acceptors (Lipinski definition) is 5. The third kappa shape index (κ3) is 4.04. The Morgan fingerprint density at radius 3 is 2.62 bits per heavy atom. The van der Waals surface area contributed by atoms with E-state index in [1.54, 1.807) is 7.11 Å². The molecule has 1 aliphatic heterocycles. The van der Waals surface area contributed by atoms with Crippen molar-refractivity contribution >= 4 is 5.91 Å². The summed E-state index contributed by atoms with van der Waals surface area (Å²) in [6, 6.07) is 2.50. The van der Waals surface area contributed by atoms with E-state index in [-0.39, 0.29) is 5.91 Å². The quantitative estimate of drug-likeness (QED) is 0.814. The van der Waals surface area contributed by atoms with Crippen molar-refractivity contribution < 1.29 is 14.1 Å². The Balaban J connectivity index is 1.92. The smallest absolute Gasteiger partial charge is 0.228 e. The van der Waals surface area contributed by atoms with Gasteiger partial charge in [-0.2, -0.15) is 0 Å². The molecule has 0 bridgehead atoms. The number of carbonyl (C=O) groups is 1. The van der Waals surface area contributed by atoms with Crippen LogP contribution < -0.4 is 0 Å². The van der Waals surface area contributed by atoms with Crippen molar-refractivity contribution in [1.82, 2.24) is 15.0 Å². The van der Waals surface area contributed by atoms with Crippen LogP contribution in [0.5, 0.6) is 0 Å². The van der Waals surface area contributed by atoms with Gasteiger partial charge < -0.3 is 14.2 Å². The van der Waals surface area contributed by atoms with Crippen molar-refractivity contribution in [3.05, 3.63) is 17.5 Å². The lowest BCUT2D eigenvalue weighted by atomic mass is 10.1. The summed E-state index contributed by atoms with van der Waals surface area (Å²) in [5, 5.41) is 3.89. The number of methoxy groups -OCH3 is 1. The second kappa shape index (κ2) is 7.04. The number of nitrogens with zero attached hydrogens (tertiary/aromatic N) is 3. The highest BCUT2D eigenvalue weighted by atomic mass is 16.5. The van der Waals surface area contributed by atoms with Gasteiger partial charge in [-0.15, -0.1) is 0 Å². The highest BCUT2D eigenvalue weighted by Gasteiger charge is 2.31. The van der Waals surface area contributed by atoms with Gasteiger partial charge >= 0.3 is 0 Å². The monoisotopic (exact) mass is 295 g/mol. The summed E-state index contributed by atoms with van der Waals surface area (Å²) in [4.78, 5) is 16.7. The Hall–Kier alpha value is -1.40. The van der Waals surface area contributed by atoms with Crippen molar-refractivity contribution in [2.75, 3.05) is 33.4 Å². The van der Waals surface area contributed by atoms with Crippen LogP contribution in [0.15, 0.2) is 10.6 Å². The predicted octanol–water partition coefficient (Wildman–Crippen LogP) is 1.09. The highest BCUT2D eigenvalue weighted by molar-refractivity contribution is 5.78. The van der Waals surface area contributed by atoms with Gasteiger partial charge in [0.25, 0.3) is 0 Å². The van der Waals surface area contributed by atoms with Crippen molar-refractivity contribution in [3.63, 3.8) is 0 Å². The molecule has 0 radical (unpaired) electrons. The first kappa shape index (κ1) is 16.0. The molecule has 0 aliphatic carbocycles. The minimum absolute atomic E-state index is 0.119. The van der Waals surface area contributed by atoms with Gasteiger partial charge in [0.1, 0.15) is 5.76 Å². The minimum Gasteiger partial charge on any atom is -0.383 e. The third-order valence-electron chi connectivity index (χ3n) is 4.02. The largest absolute Gasteiger partial charge is 0.383 e. The molecule has 6 nitrogen and oxygen atoms in total. The lowest BCUT2D eigenvalue weighted by Gasteiger charge is -2.44. The summed E-state index contributed by atoms with van der Waals surface area (Å²) in [6.07, 6.45) is 0.314. The first-order valence-corrected chi connectivity index (χ1v) is 7.46. The normalized spacial score (nSPS) is 23.5. The number of hydrogen-bond donors (Lipinski definition) is 0. The molecule has 1 aromatic rings. The van der Waals surface area contributed by atoms with E-state index in [9.17, 15) is 4.79 Å². The molecule has 0 spiro atoms. The Morgan fingerprint density at radius 2 is 2.10 bits per heavy atom. The van der Waals surface area contributed by atoms with Gasteiger partial charge in [0, 0.05) is 44.9 Å². The minimum atomic E-state index is 0.119. The molecule has 2 unspecified atom stereocenters. The van der Waals surface area contributed by atoms with Crippen LogP contribution in [0.1, 0.15) is 25.3 Å². The van der Waals surface area contributed by atoms with Gasteiger partial charge in [0.15, 0.2) is 0 Å². The van der Waals surface area contributed by atoms with E-state index in [2.05, 4.69) is 23.9 Å². The van der Waals surface area contributed by atoms with Crippen LogP contribution in [0.3, 0.4) is 0 Å². The lowest BCUT2D eigenvalue weighted by Crippen LogP contribution is -2.58. The summed E-state index contributed by atoms with van der Waals surface area (Å²) in [5.41, 5.74) is 0.708. The molecule has 2 atom stereocenters. The Morgan fingerprint density at radius 1 is 1.43 bits per heavy atom. The Bertz CT molecular complexity index is 462. The maximum Gasteiger partial charge on any atom is 0.228 e. The van der Waals surface area contributed by atoms with Crippen LogP contribution in [-0.4, -0.2) is 66.3 Å². The number of rotatable bonds is 5. The average molecular weight is 295 g/mol. The zero-order valence-corrected chi connectivity index (χ0v) is 13.3. The molecule has 0 saturated carbocycles. The van der Waals surface area contributed by atoms with Gasteiger partial charge in [-0.1, -0.05) is 5.16 Å². The summed E-state index contributed by atoms with van der Waals surface area (Å²) in [6.45, 7) is 9.29. The van der Waals surface area contributed by atoms with E-state index in [0.29, 0.717) is 24.2 Å². The van der Waals surface area contributed by atoms with Gasteiger partial charge in [-0.25, -0.2) is 0 Å². The van der Waals surface area contributed by atoms with Crippen LogP contribution in [0.4, 0.5) is 0 Å². The highest BCUT2D eigenvalue weighted by Crippen LogP contribution is 2.16. The first-order valence-electron chi connectivity index (χ1n) is 7.46. The summed E-state index contributed by atoms with van der Waals surface area (Å²) in [5.74, 6) is 0.859. The predicted molar refractivity (Wildman–Crippen MR) is 79.0 cm³/mol. The number of amides is 1. The molecule has 0 N–H and O–H groups in total. The van der Waals surface area contributed by atoms with Crippen molar-refractivity contribution in [2.24, 2.45) is 0 Å². The molecule has 21 heavy (non-hydrogen) atoms. The van der Waals surface area contributed by atoms with E-state index in [1.807, 2.05) is 17.9 Å². The number of piperazine rings is 1. The third-order valence-corrected chi connectivity index (χ3v) is 4.02. The van der Waals surface area contributed by atoms with Crippen LogP contribution in [0.25, 0.3) is 0 Å². The molecule has 2 rings (SSSR count). The van der Waals surface area contributed by atoms with Gasteiger partial charge in [0.05, 0.1) is 18.7 Å². The van der Waals surface area contributed by atoms with Gasteiger partial charge in [-0.05, 0) is 20.8 Å². The van der Waals surface area contributed by atoms with E-state index in [0.717, 1.165) is 32.0 Å². The number of ether oxygens (including phenoxy) is 1. The van der Waals surface area contributed by atoms with E-state index in [1.165, 1.54) is 0 Å². The molecule has 1 aliphatic rings. The number of aromatic nitrogens is 1. The van der Waals surface area contributed by atoms with Gasteiger partial charge in [-0.3, -0.25) is 9.69 Å². The Kier molecular flexibility index (Phi) is 5.36. The van der Waals surface area contributed by atoms with Crippen LogP contribution >= 0.6 is 0 Å². The number of aryl methyl sites for hydroxylation is 1. The van der Waals surface area contributed by atoms with E-state index < -0.39 is 0 Å². The fourth-order valence-electron chi connectivity index (χ4n) is 2.97. The molecule has 2 heterocycles. The van der Waals surface area contributed by atoms with Crippen molar-refractivity contribution in [1.29, 1.82) is 0 Å². The number of carbonyl (C=O) groups excluding carboxylic acids is 1. The molecule has 1 fully saturated rings. The molecule has 1 amide bonds. The molecule has 0 aromatic carbocycles. The van der Waals surface area contributed by atoms with Crippen molar-refractivity contribution in [3.8, 4) is 0 Å². The molecule has 1 saturated heterocycles. The van der Waals surface area contributed by atoms with Crippen LogP contribution in [0, 0.1) is 6.92 Å². The second-order valence-electron chi connectivity index (χ2n) is 5.83. The van der Waals surface area contributed by atoms with Gasteiger partial charge in [0.2, 0.25) is 5.91 Å². The van der Waals surface area contributed by atoms with Crippen molar-refractivity contribution in [2.45, 2.75) is 39.3 Å². The zero-order valence-electron chi connectivity index (χ0n) is 13.3. The standard InChI is InChI=1S/C15H25N3O3/c1-11-9-17(10-12(2)18(11)5-6-20-4)15(19)8-14-7-13(3)21-16-14/h7,11-12H,5-6,8-10H2,1-4H3. The average Bonchev–Trinajstić information content (AvgIpc) is 2.83. The maximum absolute atomic E-state index is 12.4. The molecular weight excluding hydrogens is 270 g/mol. The van der Waals surface area contributed by atoms with Crippen LogP contribution in [-0.2, 0) is 16.0 Å². The molecule has 118 valence electrons. The fraction of sp³-hybridized carbons (Fsp3) is 0.733. The summed E-state index contributed by atoms with van der Waals surface area (Å²) < 4.78 is 10.2. The second-order valence-corrected chi connectivity index (χ2v) is 5.83.